The first-order valence-electron chi connectivity index (χ1n) is 8.30. The van der Waals surface area contributed by atoms with Crippen LogP contribution in [0.1, 0.15) is 52.0 Å². The number of rotatable bonds is 3. The lowest BCUT2D eigenvalue weighted by Gasteiger charge is -2.24. The Balaban J connectivity index is 0.000000648. The van der Waals surface area contributed by atoms with Crippen LogP contribution >= 0.6 is 0 Å². The van der Waals surface area contributed by atoms with Gasteiger partial charge >= 0.3 is 0 Å². The second-order valence-electron chi connectivity index (χ2n) is 6.38. The highest BCUT2D eigenvalue weighted by molar-refractivity contribution is 5.66. The van der Waals surface area contributed by atoms with Crippen LogP contribution in [0.25, 0.3) is 5.70 Å². The molecule has 0 aliphatic heterocycles. The monoisotopic (exact) mass is 334 g/mol. The molecule has 2 nitrogen and oxygen atoms in total. The molecule has 0 bridgehead atoms. The van der Waals surface area contributed by atoms with E-state index in [-0.39, 0.29) is 11.3 Å². The van der Waals surface area contributed by atoms with Gasteiger partial charge < -0.3 is 11.5 Å². The van der Waals surface area contributed by atoms with E-state index in [1.54, 1.807) is 6.08 Å². The molecule has 1 aromatic carbocycles. The quantitative estimate of drug-likeness (QED) is 0.740. The number of benzene rings is 1. The van der Waals surface area contributed by atoms with E-state index < -0.39 is 11.6 Å². The molecule has 2 rings (SSSR count). The van der Waals surface area contributed by atoms with E-state index in [4.69, 9.17) is 11.5 Å². The first-order valence-corrected chi connectivity index (χ1v) is 8.30. The lowest BCUT2D eigenvalue weighted by Crippen LogP contribution is -2.18. The van der Waals surface area contributed by atoms with Gasteiger partial charge in [0.15, 0.2) is 0 Å². The molecular formula is C20H28F2N2. The first kappa shape index (κ1) is 19.9. The van der Waals surface area contributed by atoms with Crippen molar-refractivity contribution in [3.8, 4) is 0 Å². The van der Waals surface area contributed by atoms with Gasteiger partial charge in [-0.05, 0) is 69.2 Å². The van der Waals surface area contributed by atoms with Crippen LogP contribution in [-0.4, -0.2) is 0 Å². The van der Waals surface area contributed by atoms with Gasteiger partial charge in [0.05, 0.1) is 5.56 Å². The number of nitrogens with two attached hydrogens (primary N) is 2. The Labute approximate surface area is 143 Å². The summed E-state index contributed by atoms with van der Waals surface area (Å²) in [5.41, 5.74) is 14.8. The van der Waals surface area contributed by atoms with E-state index >= 15 is 0 Å². The van der Waals surface area contributed by atoms with Gasteiger partial charge in [-0.15, -0.1) is 6.58 Å². The highest BCUT2D eigenvalue weighted by atomic mass is 19.1. The van der Waals surface area contributed by atoms with Crippen molar-refractivity contribution in [3.05, 3.63) is 64.9 Å². The Hall–Kier alpha value is -2.10. The molecule has 1 atom stereocenters. The normalized spacial score (nSPS) is 18.0. The van der Waals surface area contributed by atoms with Crippen LogP contribution in [0.15, 0.2) is 47.7 Å². The molecule has 132 valence electrons. The van der Waals surface area contributed by atoms with Crippen LogP contribution in [0.5, 0.6) is 0 Å². The Morgan fingerprint density at radius 3 is 2.33 bits per heavy atom. The molecule has 0 amide bonds. The van der Waals surface area contributed by atoms with Gasteiger partial charge in [-0.3, -0.25) is 0 Å². The number of hydrogen-bond acceptors (Lipinski definition) is 2. The Morgan fingerprint density at radius 1 is 1.29 bits per heavy atom. The van der Waals surface area contributed by atoms with Crippen LogP contribution in [0.2, 0.25) is 0 Å². The molecular weight excluding hydrogens is 306 g/mol. The molecule has 0 heterocycles. The Morgan fingerprint density at radius 2 is 1.83 bits per heavy atom. The summed E-state index contributed by atoms with van der Waals surface area (Å²) in [5.74, 6) is -0.963. The lowest BCUT2D eigenvalue weighted by atomic mass is 9.85. The maximum atomic E-state index is 13.7. The molecule has 1 aliphatic carbocycles. The smallest absolute Gasteiger partial charge is 0.135 e. The highest BCUT2D eigenvalue weighted by Gasteiger charge is 2.19. The molecule has 0 aromatic heterocycles. The van der Waals surface area contributed by atoms with Crippen LogP contribution in [0, 0.1) is 17.6 Å². The van der Waals surface area contributed by atoms with Gasteiger partial charge in [-0.1, -0.05) is 18.6 Å². The zero-order valence-corrected chi connectivity index (χ0v) is 14.8. The van der Waals surface area contributed by atoms with Gasteiger partial charge in [0, 0.05) is 11.4 Å². The number of halogens is 2. The number of hydrogen-bond donors (Lipinski definition) is 2. The predicted molar refractivity (Wildman–Crippen MR) is 97.9 cm³/mol. The van der Waals surface area contributed by atoms with Crippen molar-refractivity contribution in [1.29, 1.82) is 0 Å². The molecule has 0 fully saturated rings. The average molecular weight is 334 g/mol. The molecule has 0 spiro atoms. The van der Waals surface area contributed by atoms with Crippen LogP contribution in [0.4, 0.5) is 8.78 Å². The first-order chi connectivity index (χ1) is 11.3. The molecule has 4 N–H and O–H groups in total. The highest BCUT2D eigenvalue weighted by Crippen LogP contribution is 2.31. The summed E-state index contributed by atoms with van der Waals surface area (Å²) in [6, 6.07) is 3.72. The summed E-state index contributed by atoms with van der Waals surface area (Å²) < 4.78 is 27.4. The van der Waals surface area contributed by atoms with Crippen LogP contribution in [-0.2, 0) is 0 Å². The number of allylic oxidation sites excluding steroid dienone is 4. The van der Waals surface area contributed by atoms with Crippen molar-refractivity contribution >= 4 is 5.70 Å². The van der Waals surface area contributed by atoms with Crippen LogP contribution < -0.4 is 11.5 Å². The van der Waals surface area contributed by atoms with Crippen LogP contribution in [0.3, 0.4) is 0 Å². The predicted octanol–water partition coefficient (Wildman–Crippen LogP) is 5.27. The zero-order chi connectivity index (χ0) is 18.3. The summed E-state index contributed by atoms with van der Waals surface area (Å²) in [4.78, 5) is 0. The molecule has 1 unspecified atom stereocenters. The second-order valence-corrected chi connectivity index (χ2v) is 6.38. The summed E-state index contributed by atoms with van der Waals surface area (Å²) in [7, 11) is 0. The topological polar surface area (TPSA) is 52.0 Å². The van der Waals surface area contributed by atoms with E-state index in [2.05, 4.69) is 13.5 Å². The maximum Gasteiger partial charge on any atom is 0.135 e. The average Bonchev–Trinajstić information content (AvgIpc) is 2.48. The Bertz CT molecular complexity index is 621. The Kier molecular flexibility index (Phi) is 7.69. The third-order valence-corrected chi connectivity index (χ3v) is 3.88. The third-order valence-electron chi connectivity index (χ3n) is 3.88. The minimum absolute atomic E-state index is 0.0929. The second kappa shape index (κ2) is 9.26. The van der Waals surface area contributed by atoms with Crippen molar-refractivity contribution in [3.63, 3.8) is 0 Å². The van der Waals surface area contributed by atoms with E-state index in [1.165, 1.54) is 23.8 Å². The molecule has 24 heavy (non-hydrogen) atoms. The SMILES string of the molecule is C=C(C)C.CCC1CCCC(/C=C(\N)c2c(F)cccc2F)=C1N. The fraction of sp³-hybridized carbons (Fsp3) is 0.400. The van der Waals surface area contributed by atoms with E-state index in [1.807, 2.05) is 13.8 Å². The summed E-state index contributed by atoms with van der Waals surface area (Å²) in [6.45, 7) is 9.59. The van der Waals surface area contributed by atoms with E-state index in [9.17, 15) is 8.78 Å². The van der Waals surface area contributed by atoms with Crippen molar-refractivity contribution in [1.82, 2.24) is 0 Å². The largest absolute Gasteiger partial charge is 0.402 e. The summed E-state index contributed by atoms with van der Waals surface area (Å²) >= 11 is 0. The summed E-state index contributed by atoms with van der Waals surface area (Å²) in [5, 5.41) is 0. The standard InChI is InChI=1S/C16H20F2N2.C4H8/c1-2-10-5-3-6-11(16(10)20)9-14(19)15-12(17)7-4-8-13(15)18;1-4(2)3/h4,7-10H,2-3,5-6,19-20H2,1H3;1H2,2-3H3/b14-9-;. The minimum Gasteiger partial charge on any atom is -0.402 e. The zero-order valence-electron chi connectivity index (χ0n) is 14.8. The molecule has 1 aromatic rings. The van der Waals surface area contributed by atoms with Gasteiger partial charge in [-0.2, -0.15) is 0 Å². The van der Waals surface area contributed by atoms with Gasteiger partial charge in [0.2, 0.25) is 0 Å². The van der Waals surface area contributed by atoms with E-state index in [0.717, 1.165) is 37.0 Å². The molecule has 0 saturated heterocycles. The fourth-order valence-electron chi connectivity index (χ4n) is 2.71. The van der Waals surface area contributed by atoms with Gasteiger partial charge in [0.1, 0.15) is 11.6 Å². The molecule has 1 aliphatic rings. The third kappa shape index (κ3) is 5.52. The fourth-order valence-corrected chi connectivity index (χ4v) is 2.71. The van der Waals surface area contributed by atoms with E-state index in [0.29, 0.717) is 5.92 Å². The van der Waals surface area contributed by atoms with Crippen molar-refractivity contribution in [2.45, 2.75) is 46.5 Å². The van der Waals surface area contributed by atoms with Gasteiger partial charge in [0.25, 0.3) is 0 Å². The summed E-state index contributed by atoms with van der Waals surface area (Å²) in [6.07, 6.45) is 5.49. The lowest BCUT2D eigenvalue weighted by molar-refractivity contribution is 0.484. The maximum absolute atomic E-state index is 13.7. The minimum atomic E-state index is -0.652. The molecule has 0 radical (unpaired) electrons. The van der Waals surface area contributed by atoms with Crippen molar-refractivity contribution < 1.29 is 8.78 Å². The van der Waals surface area contributed by atoms with Crippen molar-refractivity contribution in [2.75, 3.05) is 0 Å². The van der Waals surface area contributed by atoms with Gasteiger partial charge in [-0.25, -0.2) is 8.78 Å². The van der Waals surface area contributed by atoms with Crippen molar-refractivity contribution in [2.24, 2.45) is 17.4 Å². The molecule has 4 heteroatoms. The molecule has 0 saturated carbocycles.